The van der Waals surface area contributed by atoms with Crippen LogP contribution in [0.15, 0.2) is 22.0 Å². The van der Waals surface area contributed by atoms with Gasteiger partial charge in [0.15, 0.2) is 0 Å². The van der Waals surface area contributed by atoms with Crippen LogP contribution in [-0.4, -0.2) is 29.5 Å². The van der Waals surface area contributed by atoms with Crippen LogP contribution >= 0.6 is 0 Å². The molecule has 0 aromatic carbocycles. The van der Waals surface area contributed by atoms with E-state index in [2.05, 4.69) is 9.97 Å². The van der Waals surface area contributed by atoms with Gasteiger partial charge in [0, 0.05) is 0 Å². The molecule has 0 spiro atoms. The Hall–Kier alpha value is -2.38. The summed E-state index contributed by atoms with van der Waals surface area (Å²) in [6.07, 6.45) is 2.00. The summed E-state index contributed by atoms with van der Waals surface area (Å²) < 4.78 is 1.18. The highest BCUT2D eigenvalue weighted by Crippen LogP contribution is 2.07. The number of aromatic nitrogens is 4. The van der Waals surface area contributed by atoms with Gasteiger partial charge in [-0.15, -0.1) is 0 Å². The lowest BCUT2D eigenvalue weighted by molar-refractivity contribution is 0.355. The number of aromatic hydroxyl groups is 2. The van der Waals surface area contributed by atoms with Gasteiger partial charge in [0.1, 0.15) is 0 Å². The monoisotopic (exact) mass is 198 g/mol. The molecule has 0 amide bonds. The summed E-state index contributed by atoms with van der Waals surface area (Å²) in [6.45, 7) is 0. The Labute approximate surface area is 75.6 Å². The smallest absolute Gasteiger partial charge is 0.348 e. The number of imidazole rings is 2. The number of nitrogens with one attached hydrogen (secondary N) is 2. The standard InChI is InChI=1S/C6H6N4O4/c11-3-1-7-5(13)9(3)10-4(12)2-8-6(10)14/h1-2,11-12H,(H,7,13)(H,8,14). The van der Waals surface area contributed by atoms with Gasteiger partial charge in [0.25, 0.3) is 0 Å². The van der Waals surface area contributed by atoms with E-state index < -0.39 is 23.1 Å². The third-order valence-electron chi connectivity index (χ3n) is 1.67. The third kappa shape index (κ3) is 0.937. The van der Waals surface area contributed by atoms with Crippen LogP contribution in [0.4, 0.5) is 0 Å². The molecule has 0 aliphatic heterocycles. The van der Waals surface area contributed by atoms with Crippen molar-refractivity contribution in [2.75, 3.05) is 0 Å². The molecule has 2 aromatic heterocycles. The minimum absolute atomic E-state index is 0.480. The molecule has 0 bridgehead atoms. The predicted octanol–water partition coefficient (Wildman–Crippen LogP) is -1.61. The fourth-order valence-electron chi connectivity index (χ4n) is 1.09. The summed E-state index contributed by atoms with van der Waals surface area (Å²) in [5, 5.41) is 18.4. The summed E-state index contributed by atoms with van der Waals surface area (Å²) in [5.74, 6) is -0.959. The average Bonchev–Trinajstić information content (AvgIpc) is 2.60. The molecule has 4 N–H and O–H groups in total. The molecule has 74 valence electrons. The summed E-state index contributed by atoms with van der Waals surface area (Å²) in [7, 11) is 0. The molecule has 0 aliphatic carbocycles. The van der Waals surface area contributed by atoms with Crippen molar-refractivity contribution in [3.05, 3.63) is 33.4 Å². The number of nitrogens with zero attached hydrogens (tertiary/aromatic N) is 2. The Bertz CT molecular complexity index is 519. The largest absolute Gasteiger partial charge is 0.492 e. The highest BCUT2D eigenvalue weighted by Gasteiger charge is 2.12. The van der Waals surface area contributed by atoms with E-state index in [0.29, 0.717) is 9.35 Å². The molecule has 0 saturated heterocycles. The maximum atomic E-state index is 11.1. The first-order valence-electron chi connectivity index (χ1n) is 3.60. The summed E-state index contributed by atoms with van der Waals surface area (Å²) in [4.78, 5) is 26.5. The molecule has 2 rings (SSSR count). The molecule has 0 unspecified atom stereocenters. The van der Waals surface area contributed by atoms with Crippen molar-refractivity contribution in [2.24, 2.45) is 0 Å². The van der Waals surface area contributed by atoms with Crippen LogP contribution in [-0.2, 0) is 0 Å². The third-order valence-corrected chi connectivity index (χ3v) is 1.67. The number of hydrogen-bond donors (Lipinski definition) is 4. The quantitative estimate of drug-likeness (QED) is 0.441. The maximum Gasteiger partial charge on any atom is 0.348 e. The molecule has 8 heteroatoms. The van der Waals surface area contributed by atoms with Crippen LogP contribution in [0.25, 0.3) is 0 Å². The molecule has 0 atom stereocenters. The average molecular weight is 198 g/mol. The molecule has 0 aliphatic rings. The molecule has 14 heavy (non-hydrogen) atoms. The normalized spacial score (nSPS) is 10.6. The minimum Gasteiger partial charge on any atom is -0.492 e. The van der Waals surface area contributed by atoms with Gasteiger partial charge in [-0.2, -0.15) is 9.35 Å². The summed E-state index contributed by atoms with van der Waals surface area (Å²) >= 11 is 0. The fraction of sp³-hybridized carbons (Fsp3) is 0. The van der Waals surface area contributed by atoms with Crippen LogP contribution in [0, 0.1) is 0 Å². The lowest BCUT2D eigenvalue weighted by atomic mass is 10.8. The molecular weight excluding hydrogens is 192 g/mol. The van der Waals surface area contributed by atoms with Gasteiger partial charge in [-0.25, -0.2) is 9.59 Å². The second-order valence-corrected chi connectivity index (χ2v) is 2.53. The van der Waals surface area contributed by atoms with Crippen molar-refractivity contribution < 1.29 is 10.2 Å². The molecule has 0 saturated carbocycles. The van der Waals surface area contributed by atoms with Gasteiger partial charge in [-0.3, -0.25) is 0 Å². The number of hydrogen-bond acceptors (Lipinski definition) is 4. The minimum atomic E-state index is -0.737. The van der Waals surface area contributed by atoms with E-state index in [9.17, 15) is 19.8 Å². The zero-order valence-corrected chi connectivity index (χ0v) is 6.76. The van der Waals surface area contributed by atoms with Crippen molar-refractivity contribution in [1.82, 2.24) is 19.3 Å². The molecule has 8 nitrogen and oxygen atoms in total. The van der Waals surface area contributed by atoms with Crippen LogP contribution in [0.2, 0.25) is 0 Å². The van der Waals surface area contributed by atoms with Crippen LogP contribution in [0.5, 0.6) is 11.8 Å². The van der Waals surface area contributed by atoms with Crippen LogP contribution in [0.1, 0.15) is 0 Å². The number of rotatable bonds is 1. The van der Waals surface area contributed by atoms with E-state index in [1.165, 1.54) is 0 Å². The Morgan fingerprint density at radius 1 is 0.929 bits per heavy atom. The van der Waals surface area contributed by atoms with Gasteiger partial charge in [-0.05, 0) is 0 Å². The van der Waals surface area contributed by atoms with Crippen molar-refractivity contribution >= 4 is 0 Å². The highest BCUT2D eigenvalue weighted by molar-refractivity contribution is 5.10. The first kappa shape index (κ1) is 8.23. The Morgan fingerprint density at radius 3 is 1.50 bits per heavy atom. The van der Waals surface area contributed by atoms with Gasteiger partial charge in [0.05, 0.1) is 12.4 Å². The lowest BCUT2D eigenvalue weighted by Gasteiger charge is -2.01. The van der Waals surface area contributed by atoms with Gasteiger partial charge < -0.3 is 20.2 Å². The van der Waals surface area contributed by atoms with E-state index in [1.54, 1.807) is 0 Å². The first-order chi connectivity index (χ1) is 6.61. The maximum absolute atomic E-state index is 11.1. The Morgan fingerprint density at radius 2 is 1.29 bits per heavy atom. The SMILES string of the molecule is O=c1[nH]cc(O)n1-n1c(O)c[nH]c1=O. The number of aromatic amines is 2. The second kappa shape index (κ2) is 2.55. The van der Waals surface area contributed by atoms with E-state index in [1.807, 2.05) is 0 Å². The van der Waals surface area contributed by atoms with Gasteiger partial charge in [-0.1, -0.05) is 0 Å². The van der Waals surface area contributed by atoms with E-state index in [0.717, 1.165) is 12.4 Å². The van der Waals surface area contributed by atoms with E-state index in [-0.39, 0.29) is 0 Å². The van der Waals surface area contributed by atoms with Gasteiger partial charge in [0.2, 0.25) is 11.8 Å². The molecule has 0 radical (unpaired) electrons. The molecule has 0 fully saturated rings. The first-order valence-corrected chi connectivity index (χ1v) is 3.60. The van der Waals surface area contributed by atoms with Crippen LogP contribution < -0.4 is 11.4 Å². The van der Waals surface area contributed by atoms with Gasteiger partial charge >= 0.3 is 11.4 Å². The fourth-order valence-corrected chi connectivity index (χ4v) is 1.09. The number of H-pyrrole nitrogens is 2. The van der Waals surface area contributed by atoms with E-state index in [4.69, 9.17) is 0 Å². The van der Waals surface area contributed by atoms with Crippen molar-refractivity contribution in [3.8, 4) is 11.8 Å². The molecular formula is C6H6N4O4. The van der Waals surface area contributed by atoms with Crippen molar-refractivity contribution in [1.29, 1.82) is 0 Å². The highest BCUT2D eigenvalue weighted by atomic mass is 16.3. The predicted molar refractivity (Wildman–Crippen MR) is 44.2 cm³/mol. The zero-order chi connectivity index (χ0) is 10.3. The summed E-state index contributed by atoms with van der Waals surface area (Å²) in [6, 6.07) is 0. The lowest BCUT2D eigenvalue weighted by Crippen LogP contribution is -2.31. The molecule has 2 heterocycles. The van der Waals surface area contributed by atoms with Crippen LogP contribution in [0.3, 0.4) is 0 Å². The second-order valence-electron chi connectivity index (χ2n) is 2.53. The zero-order valence-electron chi connectivity index (χ0n) is 6.76. The molecule has 2 aromatic rings. The van der Waals surface area contributed by atoms with Crippen molar-refractivity contribution in [2.45, 2.75) is 0 Å². The topological polar surface area (TPSA) is 116 Å². The summed E-state index contributed by atoms with van der Waals surface area (Å²) in [5.41, 5.74) is -1.47. The van der Waals surface area contributed by atoms with Crippen molar-refractivity contribution in [3.63, 3.8) is 0 Å². The Kier molecular flexibility index (Phi) is 1.50. The Balaban J connectivity index is 2.84. The van der Waals surface area contributed by atoms with E-state index >= 15 is 0 Å².